The highest BCUT2D eigenvalue weighted by molar-refractivity contribution is 5.88. The molecule has 20 heteroatoms. The lowest BCUT2D eigenvalue weighted by Crippen LogP contribution is -2.44. The molecule has 4 heterocycles. The zero-order valence-electron chi connectivity index (χ0n) is 33.7. The molecule has 59 heavy (non-hydrogen) atoms. The van der Waals surface area contributed by atoms with Gasteiger partial charge in [0.25, 0.3) is 11.8 Å². The molecule has 0 bridgehead atoms. The van der Waals surface area contributed by atoms with Crippen LogP contribution in [-0.4, -0.2) is 156 Å². The van der Waals surface area contributed by atoms with Gasteiger partial charge in [-0.15, -0.1) is 0 Å². The normalized spacial score (nSPS) is 17.6. The summed E-state index contributed by atoms with van der Waals surface area (Å²) in [4.78, 5) is 113. The van der Waals surface area contributed by atoms with E-state index in [-0.39, 0.29) is 25.9 Å². The molecule has 0 radical (unpaired) electrons. The van der Waals surface area contributed by atoms with Crippen LogP contribution in [0.4, 0.5) is 9.59 Å². The molecule has 2 aliphatic rings. The highest BCUT2D eigenvalue weighted by Crippen LogP contribution is 2.32. The zero-order chi connectivity index (χ0) is 43.1. The monoisotopic (exact) mass is 826 g/mol. The Morgan fingerprint density at radius 3 is 2.05 bits per heavy atom. The molecule has 0 spiro atoms. The van der Waals surface area contributed by atoms with E-state index >= 15 is 0 Å². The highest BCUT2D eigenvalue weighted by Gasteiger charge is 2.43. The average Bonchev–Trinajstić information content (AvgIpc) is 3.90. The third kappa shape index (κ3) is 13.9. The van der Waals surface area contributed by atoms with Gasteiger partial charge in [-0.2, -0.15) is 0 Å². The molecule has 320 valence electrons. The lowest BCUT2D eigenvalue weighted by atomic mass is 10.0. The van der Waals surface area contributed by atoms with Crippen molar-refractivity contribution < 1.29 is 66.8 Å². The van der Waals surface area contributed by atoms with Gasteiger partial charge in [0.15, 0.2) is 13.2 Å². The van der Waals surface area contributed by atoms with Crippen molar-refractivity contribution in [1.29, 1.82) is 0 Å². The van der Waals surface area contributed by atoms with Gasteiger partial charge in [0, 0.05) is 103 Å². The summed E-state index contributed by atoms with van der Waals surface area (Å²) in [5, 5.41) is 0. The number of carbonyl (C=O) groups excluding carboxylic acids is 8. The molecule has 2 unspecified atom stereocenters. The number of hydrogen-bond donors (Lipinski definition) is 0. The third-order valence-corrected chi connectivity index (χ3v) is 9.47. The quantitative estimate of drug-likeness (QED) is 0.125. The lowest BCUT2D eigenvalue weighted by Gasteiger charge is -2.25. The molecular formula is C39H50N6O14. The van der Waals surface area contributed by atoms with Crippen LogP contribution in [0.15, 0.2) is 42.6 Å². The van der Waals surface area contributed by atoms with E-state index in [2.05, 4.69) is 4.98 Å². The Hall–Kier alpha value is -6.34. The van der Waals surface area contributed by atoms with E-state index in [4.69, 9.17) is 33.4 Å². The number of likely N-dealkylation sites (tertiary alicyclic amines) is 2. The number of rotatable bonds is 17. The Labute approximate surface area is 341 Å². The van der Waals surface area contributed by atoms with Gasteiger partial charge in [0.05, 0.1) is 0 Å². The van der Waals surface area contributed by atoms with E-state index < -0.39 is 92.2 Å². The Balaban J connectivity index is 1.28. The van der Waals surface area contributed by atoms with Crippen molar-refractivity contribution in [2.45, 2.75) is 77.2 Å². The van der Waals surface area contributed by atoms with Crippen molar-refractivity contribution in [3.05, 3.63) is 59.7 Å². The number of likely N-dealkylation sites (N-methyl/N-ethyl adjacent to an activating group) is 2. The van der Waals surface area contributed by atoms with Crippen molar-refractivity contribution in [2.24, 2.45) is 0 Å². The number of pyridine rings is 2. The number of esters is 4. The number of nitrogens with zero attached hydrogens (tertiary/aromatic N) is 6. The van der Waals surface area contributed by atoms with Crippen LogP contribution in [0.5, 0.6) is 0 Å². The van der Waals surface area contributed by atoms with Gasteiger partial charge < -0.3 is 48.0 Å². The second kappa shape index (κ2) is 22.0. The van der Waals surface area contributed by atoms with Gasteiger partial charge in [-0.05, 0) is 43.5 Å². The lowest BCUT2D eigenvalue weighted by molar-refractivity contribution is -0.173. The molecule has 20 nitrogen and oxygen atoms in total. The van der Waals surface area contributed by atoms with Crippen LogP contribution in [0.1, 0.15) is 63.0 Å². The summed E-state index contributed by atoms with van der Waals surface area (Å²) >= 11 is 0. The summed E-state index contributed by atoms with van der Waals surface area (Å²) in [6.07, 6.45) is 0.631. The second-order valence-electron chi connectivity index (χ2n) is 13.9. The molecule has 0 aliphatic carbocycles. The van der Waals surface area contributed by atoms with E-state index in [1.54, 1.807) is 30.5 Å². The second-order valence-corrected chi connectivity index (χ2v) is 13.9. The predicted octanol–water partition coefficient (Wildman–Crippen LogP) is 1.59. The van der Waals surface area contributed by atoms with E-state index in [9.17, 15) is 38.4 Å². The fourth-order valence-corrected chi connectivity index (χ4v) is 6.35. The van der Waals surface area contributed by atoms with Crippen molar-refractivity contribution >= 4 is 47.9 Å². The summed E-state index contributed by atoms with van der Waals surface area (Å²) in [7, 11) is 3.02. The standard InChI is InChI=1S/C39H50N6O14/c1-25(46)54-22-34(48)44-17-9-13-32(44)36(50)56-24-57-38(52)42(4)19-15-30-11-8-12-31(41-30)28-20-33(45(21-28)35(49)23-55-26(2)47)37(51)58-27(3)59-39(53)43(5)18-14-29-10-6-7-16-40-29/h6-8,10-12,16,27-28,32-33H,9,13-15,17-24H2,1-5H3/t27?,28?,32-,33+/m0/s1. The summed E-state index contributed by atoms with van der Waals surface area (Å²) in [5.74, 6) is -4.46. The first kappa shape index (κ1) is 45.4. The van der Waals surface area contributed by atoms with Crippen molar-refractivity contribution in [1.82, 2.24) is 29.6 Å². The van der Waals surface area contributed by atoms with Crippen LogP contribution in [0.2, 0.25) is 0 Å². The molecule has 2 fully saturated rings. The molecule has 0 saturated carbocycles. The first-order valence-electron chi connectivity index (χ1n) is 19.0. The van der Waals surface area contributed by atoms with Crippen molar-refractivity contribution in [3.63, 3.8) is 0 Å². The van der Waals surface area contributed by atoms with Gasteiger partial charge in [-0.1, -0.05) is 12.1 Å². The van der Waals surface area contributed by atoms with Gasteiger partial charge in [-0.3, -0.25) is 29.1 Å². The molecule has 4 atom stereocenters. The maximum atomic E-state index is 13.5. The van der Waals surface area contributed by atoms with E-state index in [0.717, 1.165) is 12.6 Å². The average molecular weight is 827 g/mol. The van der Waals surface area contributed by atoms with Crippen molar-refractivity contribution in [2.75, 3.05) is 60.3 Å². The smallest absolute Gasteiger partial charge is 0.412 e. The Kier molecular flexibility index (Phi) is 16.9. The molecule has 2 aliphatic heterocycles. The predicted molar refractivity (Wildman–Crippen MR) is 201 cm³/mol. The van der Waals surface area contributed by atoms with Gasteiger partial charge >= 0.3 is 36.1 Å². The molecule has 2 aromatic rings. The zero-order valence-corrected chi connectivity index (χ0v) is 33.7. The first-order chi connectivity index (χ1) is 28.1. The van der Waals surface area contributed by atoms with Crippen LogP contribution in [0.3, 0.4) is 0 Å². The molecule has 4 rings (SSSR count). The van der Waals surface area contributed by atoms with Gasteiger partial charge in [-0.25, -0.2) is 19.2 Å². The topological polar surface area (TPSA) is 231 Å². The van der Waals surface area contributed by atoms with Crippen molar-refractivity contribution in [3.8, 4) is 0 Å². The molecule has 4 amide bonds. The van der Waals surface area contributed by atoms with Gasteiger partial charge in [0.2, 0.25) is 13.1 Å². The number of amides is 4. The maximum absolute atomic E-state index is 13.5. The van der Waals surface area contributed by atoms with Crippen LogP contribution in [-0.2, 0) is 70.0 Å². The molecule has 0 N–H and O–H groups in total. The maximum Gasteiger partial charge on any atom is 0.412 e. The van der Waals surface area contributed by atoms with Gasteiger partial charge in [0.1, 0.15) is 12.1 Å². The minimum atomic E-state index is -1.29. The minimum Gasteiger partial charge on any atom is -0.456 e. The summed E-state index contributed by atoms with van der Waals surface area (Å²) in [6, 6.07) is 8.70. The van der Waals surface area contributed by atoms with E-state index in [1.165, 1.54) is 47.5 Å². The Morgan fingerprint density at radius 2 is 1.39 bits per heavy atom. The highest BCUT2D eigenvalue weighted by atomic mass is 16.7. The van der Waals surface area contributed by atoms with Crippen LogP contribution < -0.4 is 0 Å². The van der Waals surface area contributed by atoms with Crippen LogP contribution >= 0.6 is 0 Å². The Morgan fingerprint density at radius 1 is 0.746 bits per heavy atom. The number of hydrogen-bond acceptors (Lipinski definition) is 16. The van der Waals surface area contributed by atoms with E-state index in [1.807, 2.05) is 12.1 Å². The fraction of sp³-hybridized carbons (Fsp3) is 0.538. The minimum absolute atomic E-state index is 0.0463. The Bertz CT molecular complexity index is 1830. The largest absolute Gasteiger partial charge is 0.456 e. The third-order valence-electron chi connectivity index (χ3n) is 9.47. The van der Waals surface area contributed by atoms with Crippen LogP contribution in [0, 0.1) is 0 Å². The molecular weight excluding hydrogens is 776 g/mol. The van der Waals surface area contributed by atoms with E-state index in [0.29, 0.717) is 43.7 Å². The summed E-state index contributed by atoms with van der Waals surface area (Å²) in [5.41, 5.74) is 1.93. The number of aromatic nitrogens is 2. The number of ether oxygens (including phenoxy) is 6. The SMILES string of the molecule is CC(=O)OCC(=O)N1CC(c2cccc(CCN(C)C(=O)OCOC(=O)[C@@H]3CCCN3C(=O)COC(C)=O)n2)C[C@@H]1C(=O)OC(C)OC(=O)N(C)CCc1ccccn1. The fourth-order valence-electron chi connectivity index (χ4n) is 6.35. The molecule has 2 aromatic heterocycles. The molecule has 2 saturated heterocycles. The molecule has 0 aromatic carbocycles. The number of carbonyl (C=O) groups is 8. The first-order valence-corrected chi connectivity index (χ1v) is 19.0. The van der Waals surface area contributed by atoms with Crippen LogP contribution in [0.25, 0.3) is 0 Å². The summed E-state index contributed by atoms with van der Waals surface area (Å²) < 4.78 is 30.6. The summed E-state index contributed by atoms with van der Waals surface area (Å²) in [6.45, 7) is 2.75.